The molecule has 2 amide bonds. The highest BCUT2D eigenvalue weighted by Crippen LogP contribution is 2.28. The second kappa shape index (κ2) is 6.78. The monoisotopic (exact) mass is 331 g/mol. The molecule has 2 aromatic rings. The molecule has 0 saturated heterocycles. The van der Waals surface area contributed by atoms with Crippen molar-refractivity contribution in [2.45, 2.75) is 32.1 Å². The summed E-state index contributed by atoms with van der Waals surface area (Å²) in [6, 6.07) is 4.89. The normalized spacial score (nSPS) is 13.7. The lowest BCUT2D eigenvalue weighted by Gasteiger charge is -2.05. The van der Waals surface area contributed by atoms with Gasteiger partial charge >= 0.3 is 0 Å². The summed E-state index contributed by atoms with van der Waals surface area (Å²) in [4.78, 5) is 25.9. The molecule has 0 bridgehead atoms. The predicted molar refractivity (Wildman–Crippen MR) is 85.9 cm³/mol. The molecular formula is C16H17N3O3S. The molecule has 23 heavy (non-hydrogen) atoms. The first kappa shape index (κ1) is 15.5. The lowest BCUT2D eigenvalue weighted by Crippen LogP contribution is -2.42. The molecule has 0 aromatic carbocycles. The van der Waals surface area contributed by atoms with Gasteiger partial charge in [-0.25, -0.2) is 0 Å². The summed E-state index contributed by atoms with van der Waals surface area (Å²) in [7, 11) is 0. The van der Waals surface area contributed by atoms with Crippen LogP contribution in [0.2, 0.25) is 0 Å². The van der Waals surface area contributed by atoms with Gasteiger partial charge in [-0.3, -0.25) is 20.4 Å². The Balaban J connectivity index is 1.62. The van der Waals surface area contributed by atoms with E-state index >= 15 is 0 Å². The number of rotatable bonds is 2. The third-order valence-electron chi connectivity index (χ3n) is 3.80. The van der Waals surface area contributed by atoms with Crippen molar-refractivity contribution in [2.75, 3.05) is 0 Å². The van der Waals surface area contributed by atoms with Crippen LogP contribution in [-0.4, -0.2) is 11.8 Å². The Morgan fingerprint density at radius 3 is 2.74 bits per heavy atom. The highest BCUT2D eigenvalue weighted by atomic mass is 32.1. The fourth-order valence-electron chi connectivity index (χ4n) is 2.62. The van der Waals surface area contributed by atoms with Crippen LogP contribution in [0.5, 0.6) is 0 Å². The third kappa shape index (κ3) is 3.68. The summed E-state index contributed by atoms with van der Waals surface area (Å²) in [5.74, 6) is -0.857. The molecule has 1 aliphatic rings. The van der Waals surface area contributed by atoms with Crippen LogP contribution in [0.4, 0.5) is 0 Å². The van der Waals surface area contributed by atoms with E-state index in [0.29, 0.717) is 9.61 Å². The fourth-order valence-corrected chi connectivity index (χ4v) is 3.76. The Bertz CT molecular complexity index is 718. The van der Waals surface area contributed by atoms with Gasteiger partial charge in [0.25, 0.3) is 11.8 Å². The molecule has 0 radical (unpaired) electrons. The number of hydrogen-bond acceptors (Lipinski definition) is 4. The molecule has 3 rings (SSSR count). The van der Waals surface area contributed by atoms with Crippen LogP contribution in [0.15, 0.2) is 30.6 Å². The molecule has 0 fully saturated rings. The van der Waals surface area contributed by atoms with E-state index in [1.165, 1.54) is 46.5 Å². The predicted octanol–water partition coefficient (Wildman–Crippen LogP) is 1.73. The maximum absolute atomic E-state index is 12.2. The van der Waals surface area contributed by atoms with E-state index in [4.69, 9.17) is 0 Å². The van der Waals surface area contributed by atoms with E-state index in [1.807, 2.05) is 6.07 Å². The Hall–Kier alpha value is -2.41. The van der Waals surface area contributed by atoms with Gasteiger partial charge in [0.2, 0.25) is 0 Å². The van der Waals surface area contributed by atoms with Gasteiger partial charge in [-0.1, -0.05) is 6.42 Å². The molecule has 2 heterocycles. The van der Waals surface area contributed by atoms with Crippen molar-refractivity contribution in [3.05, 3.63) is 56.7 Å². The zero-order chi connectivity index (χ0) is 16.2. The van der Waals surface area contributed by atoms with Gasteiger partial charge in [0.05, 0.1) is 4.88 Å². The number of nitrogens with one attached hydrogen (secondary N) is 2. The molecule has 0 spiro atoms. The van der Waals surface area contributed by atoms with E-state index < -0.39 is 5.91 Å². The van der Waals surface area contributed by atoms with Gasteiger partial charge in [0, 0.05) is 10.9 Å². The summed E-state index contributed by atoms with van der Waals surface area (Å²) in [6.07, 6.45) is 8.02. The zero-order valence-corrected chi connectivity index (χ0v) is 13.3. The Morgan fingerprint density at radius 2 is 1.91 bits per heavy atom. The second-order valence-electron chi connectivity index (χ2n) is 5.48. The fraction of sp³-hybridized carbons (Fsp3) is 0.312. The highest BCUT2D eigenvalue weighted by Gasteiger charge is 2.17. The number of aryl methyl sites for hydroxylation is 2. The lowest BCUT2D eigenvalue weighted by atomic mass is 10.1. The molecular weight excluding hydrogens is 314 g/mol. The smallest absolute Gasteiger partial charge is 0.279 e. The van der Waals surface area contributed by atoms with E-state index in [2.05, 4.69) is 10.9 Å². The first-order valence-electron chi connectivity index (χ1n) is 7.54. The van der Waals surface area contributed by atoms with Crippen molar-refractivity contribution in [1.29, 1.82) is 0 Å². The van der Waals surface area contributed by atoms with Gasteiger partial charge in [-0.15, -0.1) is 11.3 Å². The molecule has 0 aliphatic heterocycles. The molecule has 7 heteroatoms. The molecule has 0 atom stereocenters. The van der Waals surface area contributed by atoms with Gasteiger partial charge in [-0.2, -0.15) is 4.73 Å². The summed E-state index contributed by atoms with van der Waals surface area (Å²) < 4.78 is 0.535. The number of hydrazine groups is 1. The number of pyridine rings is 1. The van der Waals surface area contributed by atoms with Crippen LogP contribution in [-0.2, 0) is 12.8 Å². The quantitative estimate of drug-likeness (QED) is 0.380. The average Bonchev–Trinajstić information content (AvgIpc) is 2.83. The third-order valence-corrected chi connectivity index (χ3v) is 5.03. The first-order chi connectivity index (χ1) is 11.1. The molecule has 6 nitrogen and oxygen atoms in total. The number of carbonyl (C=O) groups excluding carboxylic acids is 2. The van der Waals surface area contributed by atoms with Crippen LogP contribution in [0.25, 0.3) is 0 Å². The number of hydrogen-bond donors (Lipinski definition) is 2. The number of nitrogens with zero attached hydrogens (tertiary/aromatic N) is 1. The van der Waals surface area contributed by atoms with Crippen molar-refractivity contribution < 1.29 is 14.3 Å². The Labute approximate surface area is 137 Å². The maximum atomic E-state index is 12.2. The lowest BCUT2D eigenvalue weighted by molar-refractivity contribution is -0.605. The largest absolute Gasteiger partial charge is 0.619 e. The maximum Gasteiger partial charge on any atom is 0.279 e. The number of amides is 2. The van der Waals surface area contributed by atoms with Gasteiger partial charge < -0.3 is 5.21 Å². The topological polar surface area (TPSA) is 85.1 Å². The molecule has 120 valence electrons. The minimum Gasteiger partial charge on any atom is -0.619 e. The minimum absolute atomic E-state index is 0.185. The van der Waals surface area contributed by atoms with Crippen molar-refractivity contribution >= 4 is 23.2 Å². The summed E-state index contributed by atoms with van der Waals surface area (Å²) >= 11 is 1.49. The summed E-state index contributed by atoms with van der Waals surface area (Å²) in [5, 5.41) is 11.1. The number of aromatic nitrogens is 1. The Morgan fingerprint density at radius 1 is 1.13 bits per heavy atom. The van der Waals surface area contributed by atoms with Crippen LogP contribution in [0.3, 0.4) is 0 Å². The molecule has 2 aromatic heterocycles. The minimum atomic E-state index is -0.526. The average molecular weight is 331 g/mol. The molecule has 2 N–H and O–H groups in total. The van der Waals surface area contributed by atoms with Crippen molar-refractivity contribution in [1.82, 2.24) is 10.9 Å². The van der Waals surface area contributed by atoms with Crippen molar-refractivity contribution in [2.24, 2.45) is 0 Å². The number of carbonyl (C=O) groups is 2. The number of fused-ring (bicyclic) bond motifs is 1. The zero-order valence-electron chi connectivity index (χ0n) is 12.5. The SMILES string of the molecule is O=C(NNC(=O)c1cc2c(s1)CCCCC2)c1ccc[n+]([O-])c1. The molecule has 1 aliphatic carbocycles. The second-order valence-corrected chi connectivity index (χ2v) is 6.62. The highest BCUT2D eigenvalue weighted by molar-refractivity contribution is 7.14. The first-order valence-corrected chi connectivity index (χ1v) is 8.36. The van der Waals surface area contributed by atoms with Crippen LogP contribution >= 0.6 is 11.3 Å². The van der Waals surface area contributed by atoms with E-state index in [-0.39, 0.29) is 11.5 Å². The standard InChI is InChI=1S/C16H17N3O3S/c20-15(12-6-4-8-19(22)10-12)17-18-16(21)14-9-11-5-2-1-3-7-13(11)23-14/h4,6,8-10H,1-3,5,7H2,(H,17,20)(H,18,21). The van der Waals surface area contributed by atoms with Crippen LogP contribution in [0, 0.1) is 5.21 Å². The molecule has 0 unspecified atom stereocenters. The number of thiophene rings is 1. The van der Waals surface area contributed by atoms with Crippen LogP contribution < -0.4 is 15.6 Å². The van der Waals surface area contributed by atoms with Gasteiger partial charge in [0.1, 0.15) is 5.56 Å². The van der Waals surface area contributed by atoms with Gasteiger partial charge in [-0.05, 0) is 43.4 Å². The van der Waals surface area contributed by atoms with Crippen molar-refractivity contribution in [3.63, 3.8) is 0 Å². The summed E-state index contributed by atoms with van der Waals surface area (Å²) in [5.41, 5.74) is 6.17. The van der Waals surface area contributed by atoms with E-state index in [9.17, 15) is 14.8 Å². The van der Waals surface area contributed by atoms with Crippen molar-refractivity contribution in [3.8, 4) is 0 Å². The molecule has 0 saturated carbocycles. The van der Waals surface area contributed by atoms with Crippen LogP contribution in [0.1, 0.15) is 49.7 Å². The van der Waals surface area contributed by atoms with Gasteiger partial charge in [0.15, 0.2) is 12.4 Å². The van der Waals surface area contributed by atoms with E-state index in [1.54, 1.807) is 0 Å². The van der Waals surface area contributed by atoms with E-state index in [0.717, 1.165) is 31.9 Å². The Kier molecular flexibility index (Phi) is 4.57. The summed E-state index contributed by atoms with van der Waals surface area (Å²) in [6.45, 7) is 0.